The molecule has 1 aromatic carbocycles. The van der Waals surface area contributed by atoms with Crippen molar-refractivity contribution in [2.45, 2.75) is 25.8 Å². The second-order valence-corrected chi connectivity index (χ2v) is 5.41. The fourth-order valence-corrected chi connectivity index (χ4v) is 2.63. The first-order valence-corrected chi connectivity index (χ1v) is 7.14. The summed E-state index contributed by atoms with van der Waals surface area (Å²) in [6, 6.07) is 11.1. The van der Waals surface area contributed by atoms with Gasteiger partial charge in [-0.1, -0.05) is 24.3 Å². The van der Waals surface area contributed by atoms with Crippen LogP contribution in [0.3, 0.4) is 0 Å². The third kappa shape index (κ3) is 3.83. The molecule has 0 radical (unpaired) electrons. The summed E-state index contributed by atoms with van der Waals surface area (Å²) in [6.07, 6.45) is 0.933. The quantitative estimate of drug-likeness (QED) is 0.880. The van der Waals surface area contributed by atoms with E-state index in [1.165, 1.54) is 0 Å². The van der Waals surface area contributed by atoms with E-state index in [-0.39, 0.29) is 17.7 Å². The van der Waals surface area contributed by atoms with Crippen molar-refractivity contribution in [1.82, 2.24) is 5.32 Å². The summed E-state index contributed by atoms with van der Waals surface area (Å²) in [5, 5.41) is 14.6. The van der Waals surface area contributed by atoms with Crippen molar-refractivity contribution in [1.29, 1.82) is 0 Å². The summed E-state index contributed by atoms with van der Waals surface area (Å²) in [5.74, 6) is 0.255. The molecule has 1 atom stereocenters. The minimum absolute atomic E-state index is 0.00385. The summed E-state index contributed by atoms with van der Waals surface area (Å²) in [4.78, 5) is 13.0. The number of hydrogen-bond donors (Lipinski definition) is 2. The van der Waals surface area contributed by atoms with E-state index >= 15 is 0 Å². The molecule has 1 aromatic heterocycles. The maximum atomic E-state index is 11.8. The second-order valence-electron chi connectivity index (χ2n) is 4.43. The molecular weight excluding hydrogens is 258 g/mol. The van der Waals surface area contributed by atoms with Crippen LogP contribution in [0.5, 0.6) is 5.75 Å². The summed E-state index contributed by atoms with van der Waals surface area (Å²) >= 11 is 1.64. The molecular formula is C15H17NO2S. The number of amides is 1. The lowest BCUT2D eigenvalue weighted by Crippen LogP contribution is -2.26. The number of benzene rings is 1. The molecule has 2 aromatic rings. The number of thiophene rings is 1. The van der Waals surface area contributed by atoms with Crippen LogP contribution in [-0.2, 0) is 11.2 Å². The summed E-state index contributed by atoms with van der Waals surface area (Å²) in [6.45, 7) is 1.98. The van der Waals surface area contributed by atoms with E-state index in [4.69, 9.17) is 0 Å². The molecule has 0 aliphatic rings. The Balaban J connectivity index is 1.84. The number of carbonyl (C=O) groups is 1. The largest absolute Gasteiger partial charge is 0.508 e. The van der Waals surface area contributed by atoms with Crippen LogP contribution in [0, 0.1) is 0 Å². The van der Waals surface area contributed by atoms with Crippen LogP contribution in [0.25, 0.3) is 0 Å². The van der Waals surface area contributed by atoms with Gasteiger partial charge < -0.3 is 10.4 Å². The molecule has 1 amide bonds. The molecule has 2 N–H and O–H groups in total. The Morgan fingerprint density at radius 1 is 1.32 bits per heavy atom. The standard InChI is InChI=1S/C15H17NO2S/c1-11(14-7-4-10-19-14)16-15(18)9-8-12-5-2-3-6-13(12)17/h2-7,10-11,17H,8-9H2,1H3,(H,16,18). The molecule has 2 rings (SSSR count). The Kier molecular flexibility index (Phi) is 4.58. The number of aromatic hydroxyl groups is 1. The normalized spacial score (nSPS) is 12.1. The third-order valence-electron chi connectivity index (χ3n) is 2.96. The average Bonchev–Trinajstić information content (AvgIpc) is 2.91. The zero-order chi connectivity index (χ0) is 13.7. The maximum Gasteiger partial charge on any atom is 0.220 e. The first-order valence-electron chi connectivity index (χ1n) is 6.26. The predicted molar refractivity (Wildman–Crippen MR) is 77.3 cm³/mol. The van der Waals surface area contributed by atoms with E-state index in [0.29, 0.717) is 12.8 Å². The van der Waals surface area contributed by atoms with Crippen LogP contribution < -0.4 is 5.32 Å². The van der Waals surface area contributed by atoms with Gasteiger partial charge in [0.2, 0.25) is 5.91 Å². The van der Waals surface area contributed by atoms with Crippen molar-refractivity contribution >= 4 is 17.2 Å². The van der Waals surface area contributed by atoms with Crippen LogP contribution in [0.1, 0.15) is 29.8 Å². The van der Waals surface area contributed by atoms with Crippen molar-refractivity contribution in [3.05, 3.63) is 52.2 Å². The lowest BCUT2D eigenvalue weighted by molar-refractivity contribution is -0.121. The summed E-state index contributed by atoms with van der Waals surface area (Å²) < 4.78 is 0. The lowest BCUT2D eigenvalue weighted by atomic mass is 10.1. The van der Waals surface area contributed by atoms with Crippen LogP contribution in [0.2, 0.25) is 0 Å². The van der Waals surface area contributed by atoms with Crippen molar-refractivity contribution in [3.8, 4) is 5.75 Å². The average molecular weight is 275 g/mol. The van der Waals surface area contributed by atoms with Gasteiger partial charge in [-0.05, 0) is 36.4 Å². The Hall–Kier alpha value is -1.81. The summed E-state index contributed by atoms with van der Waals surface area (Å²) in [7, 11) is 0. The first kappa shape index (κ1) is 13.6. The van der Waals surface area contributed by atoms with Gasteiger partial charge in [-0.3, -0.25) is 4.79 Å². The number of phenols is 1. The molecule has 100 valence electrons. The fraction of sp³-hybridized carbons (Fsp3) is 0.267. The lowest BCUT2D eigenvalue weighted by Gasteiger charge is -2.12. The van der Waals surface area contributed by atoms with Crippen molar-refractivity contribution < 1.29 is 9.90 Å². The molecule has 0 fully saturated rings. The highest BCUT2D eigenvalue weighted by molar-refractivity contribution is 7.10. The van der Waals surface area contributed by atoms with Crippen LogP contribution in [0.15, 0.2) is 41.8 Å². The van der Waals surface area contributed by atoms with Gasteiger partial charge in [-0.2, -0.15) is 0 Å². The second kappa shape index (κ2) is 6.38. The van der Waals surface area contributed by atoms with Gasteiger partial charge in [0.05, 0.1) is 6.04 Å². The number of hydrogen-bond acceptors (Lipinski definition) is 3. The molecule has 0 saturated heterocycles. The molecule has 0 aliphatic carbocycles. The van der Waals surface area contributed by atoms with Gasteiger partial charge in [0.25, 0.3) is 0 Å². The zero-order valence-corrected chi connectivity index (χ0v) is 11.6. The van der Waals surface area contributed by atoms with Gasteiger partial charge in [0, 0.05) is 11.3 Å². The van der Waals surface area contributed by atoms with E-state index in [1.54, 1.807) is 23.5 Å². The van der Waals surface area contributed by atoms with Crippen molar-refractivity contribution in [2.24, 2.45) is 0 Å². The van der Waals surface area contributed by atoms with Gasteiger partial charge in [-0.25, -0.2) is 0 Å². The van der Waals surface area contributed by atoms with E-state index in [0.717, 1.165) is 10.4 Å². The highest BCUT2D eigenvalue weighted by Crippen LogP contribution is 2.19. The molecule has 0 bridgehead atoms. The van der Waals surface area contributed by atoms with Crippen molar-refractivity contribution in [2.75, 3.05) is 0 Å². The monoisotopic (exact) mass is 275 g/mol. The Bertz CT molecular complexity index is 537. The maximum absolute atomic E-state index is 11.8. The van der Waals surface area contributed by atoms with Gasteiger partial charge in [-0.15, -0.1) is 11.3 Å². The molecule has 19 heavy (non-hydrogen) atoms. The van der Waals surface area contributed by atoms with Crippen LogP contribution in [-0.4, -0.2) is 11.0 Å². The highest BCUT2D eigenvalue weighted by Gasteiger charge is 2.10. The third-order valence-corrected chi connectivity index (χ3v) is 4.02. The van der Waals surface area contributed by atoms with Crippen molar-refractivity contribution in [3.63, 3.8) is 0 Å². The van der Waals surface area contributed by atoms with Gasteiger partial charge >= 0.3 is 0 Å². The SMILES string of the molecule is CC(NC(=O)CCc1ccccc1O)c1cccs1. The number of carbonyl (C=O) groups excluding carboxylic acids is 1. The topological polar surface area (TPSA) is 49.3 Å². The number of rotatable bonds is 5. The molecule has 0 aliphatic heterocycles. The van der Waals surface area contributed by atoms with Gasteiger partial charge in [0.15, 0.2) is 0 Å². The van der Waals surface area contributed by atoms with E-state index < -0.39 is 0 Å². The smallest absolute Gasteiger partial charge is 0.220 e. The minimum atomic E-state index is 0.00385. The summed E-state index contributed by atoms with van der Waals surface area (Å²) in [5.41, 5.74) is 0.807. The molecule has 0 spiro atoms. The van der Waals surface area contributed by atoms with E-state index in [9.17, 15) is 9.90 Å². The molecule has 0 saturated carbocycles. The van der Waals surface area contributed by atoms with Crippen LogP contribution >= 0.6 is 11.3 Å². The predicted octanol–water partition coefficient (Wildman–Crippen LogP) is 3.26. The molecule has 4 heteroatoms. The Morgan fingerprint density at radius 3 is 2.79 bits per heavy atom. The molecule has 3 nitrogen and oxygen atoms in total. The molecule has 1 unspecified atom stereocenters. The zero-order valence-electron chi connectivity index (χ0n) is 10.8. The number of aryl methyl sites for hydroxylation is 1. The fourth-order valence-electron chi connectivity index (χ4n) is 1.89. The van der Waals surface area contributed by atoms with E-state index in [1.807, 2.05) is 36.6 Å². The highest BCUT2D eigenvalue weighted by atomic mass is 32.1. The van der Waals surface area contributed by atoms with Gasteiger partial charge in [0.1, 0.15) is 5.75 Å². The number of para-hydroxylation sites is 1. The van der Waals surface area contributed by atoms with Crippen LogP contribution in [0.4, 0.5) is 0 Å². The first-order chi connectivity index (χ1) is 9.16. The minimum Gasteiger partial charge on any atom is -0.508 e. The Morgan fingerprint density at radius 2 is 2.11 bits per heavy atom. The van der Waals surface area contributed by atoms with E-state index in [2.05, 4.69) is 5.32 Å². The number of nitrogens with one attached hydrogen (secondary N) is 1. The molecule has 1 heterocycles. The Labute approximate surface area is 116 Å². The number of phenolic OH excluding ortho intramolecular Hbond substituents is 1.